The first-order chi connectivity index (χ1) is 13.8. The molecule has 0 bridgehead atoms. The second-order valence-electron chi connectivity index (χ2n) is 6.52. The summed E-state index contributed by atoms with van der Waals surface area (Å²) < 4.78 is 0.512. The van der Waals surface area contributed by atoms with Crippen molar-refractivity contribution >= 4 is 75.1 Å². The molecule has 1 saturated heterocycles. The monoisotopic (exact) mass is 464 g/mol. The van der Waals surface area contributed by atoms with Gasteiger partial charge in [0, 0.05) is 18.7 Å². The van der Waals surface area contributed by atoms with Gasteiger partial charge in [0.1, 0.15) is 4.32 Å². The minimum absolute atomic E-state index is 0.120. The SMILES string of the molecule is Cc1ccc(C=C2SC(=S)N(CCCC(=O)Nc3ccc(Cl)c(Cl)c3)C2=O)cc1. The first-order valence-electron chi connectivity index (χ1n) is 8.90. The predicted octanol–water partition coefficient (Wildman–Crippen LogP) is 5.92. The minimum Gasteiger partial charge on any atom is -0.326 e. The number of nitrogens with zero attached hydrogens (tertiary/aromatic N) is 1. The van der Waals surface area contributed by atoms with Crippen LogP contribution in [0.5, 0.6) is 0 Å². The van der Waals surface area contributed by atoms with E-state index >= 15 is 0 Å². The van der Waals surface area contributed by atoms with Crippen molar-refractivity contribution in [2.45, 2.75) is 19.8 Å². The van der Waals surface area contributed by atoms with Gasteiger partial charge in [-0.3, -0.25) is 14.5 Å². The number of benzene rings is 2. The Morgan fingerprint density at radius 1 is 1.17 bits per heavy atom. The van der Waals surface area contributed by atoms with Crippen LogP contribution < -0.4 is 5.32 Å². The van der Waals surface area contributed by atoms with E-state index in [-0.39, 0.29) is 18.2 Å². The highest BCUT2D eigenvalue weighted by molar-refractivity contribution is 8.26. The molecule has 1 aliphatic heterocycles. The maximum Gasteiger partial charge on any atom is 0.266 e. The van der Waals surface area contributed by atoms with Gasteiger partial charge in [-0.1, -0.05) is 77.0 Å². The van der Waals surface area contributed by atoms with Crippen LogP contribution in [0.25, 0.3) is 6.08 Å². The van der Waals surface area contributed by atoms with Crippen LogP contribution >= 0.6 is 47.2 Å². The molecule has 2 amide bonds. The standard InChI is InChI=1S/C21H18Cl2N2O2S2/c1-13-4-6-14(7-5-13)11-18-20(27)25(21(28)29-18)10-2-3-19(26)24-15-8-9-16(22)17(23)12-15/h4-9,11-12H,2-3,10H2,1H3,(H,24,26). The van der Waals surface area contributed by atoms with Crippen LogP contribution in [0.4, 0.5) is 5.69 Å². The number of hydrogen-bond donors (Lipinski definition) is 1. The average molecular weight is 465 g/mol. The molecule has 0 atom stereocenters. The fourth-order valence-electron chi connectivity index (χ4n) is 2.70. The fraction of sp³-hybridized carbons (Fsp3) is 0.190. The quantitative estimate of drug-likeness (QED) is 0.425. The molecular formula is C21H18Cl2N2O2S2. The zero-order valence-electron chi connectivity index (χ0n) is 15.6. The Balaban J connectivity index is 1.53. The molecule has 8 heteroatoms. The van der Waals surface area contributed by atoms with E-state index in [0.717, 1.165) is 11.1 Å². The average Bonchev–Trinajstić information content (AvgIpc) is 2.94. The summed E-state index contributed by atoms with van der Waals surface area (Å²) in [6.45, 7) is 2.41. The highest BCUT2D eigenvalue weighted by Gasteiger charge is 2.31. The number of hydrogen-bond acceptors (Lipinski definition) is 4. The van der Waals surface area contributed by atoms with E-state index in [0.29, 0.717) is 37.9 Å². The number of nitrogens with one attached hydrogen (secondary N) is 1. The van der Waals surface area contributed by atoms with Crippen molar-refractivity contribution in [2.24, 2.45) is 0 Å². The van der Waals surface area contributed by atoms with Crippen molar-refractivity contribution < 1.29 is 9.59 Å². The number of carbonyl (C=O) groups excluding carboxylic acids is 2. The van der Waals surface area contributed by atoms with Crippen LogP contribution in [0.1, 0.15) is 24.0 Å². The minimum atomic E-state index is -0.163. The maximum atomic E-state index is 12.6. The summed E-state index contributed by atoms with van der Waals surface area (Å²) in [5.74, 6) is -0.283. The number of rotatable bonds is 6. The van der Waals surface area contributed by atoms with E-state index in [4.69, 9.17) is 35.4 Å². The Morgan fingerprint density at radius 2 is 1.90 bits per heavy atom. The van der Waals surface area contributed by atoms with Gasteiger partial charge in [-0.05, 0) is 43.2 Å². The summed E-state index contributed by atoms with van der Waals surface area (Å²) in [5.41, 5.74) is 2.70. The summed E-state index contributed by atoms with van der Waals surface area (Å²) in [4.78, 5) is 26.9. The molecule has 0 aliphatic carbocycles. The summed E-state index contributed by atoms with van der Waals surface area (Å²) >= 11 is 18.4. The highest BCUT2D eigenvalue weighted by Crippen LogP contribution is 2.32. The lowest BCUT2D eigenvalue weighted by molar-refractivity contribution is -0.122. The third kappa shape index (κ3) is 5.82. The van der Waals surface area contributed by atoms with Crippen LogP contribution in [0.15, 0.2) is 47.4 Å². The van der Waals surface area contributed by atoms with Crippen molar-refractivity contribution in [3.8, 4) is 0 Å². The van der Waals surface area contributed by atoms with E-state index < -0.39 is 0 Å². The summed E-state index contributed by atoms with van der Waals surface area (Å²) in [7, 11) is 0. The van der Waals surface area contributed by atoms with Gasteiger partial charge in [0.25, 0.3) is 5.91 Å². The van der Waals surface area contributed by atoms with Gasteiger partial charge in [-0.25, -0.2) is 0 Å². The Labute approximate surface area is 189 Å². The molecule has 0 spiro atoms. The molecule has 1 aliphatic rings. The van der Waals surface area contributed by atoms with Crippen molar-refractivity contribution in [1.29, 1.82) is 0 Å². The predicted molar refractivity (Wildman–Crippen MR) is 125 cm³/mol. The Hall–Kier alpha value is -1.86. The van der Waals surface area contributed by atoms with Gasteiger partial charge in [-0.15, -0.1) is 0 Å². The van der Waals surface area contributed by atoms with E-state index in [1.165, 1.54) is 11.8 Å². The molecule has 1 N–H and O–H groups in total. The van der Waals surface area contributed by atoms with Crippen LogP contribution in [-0.4, -0.2) is 27.6 Å². The third-order valence-corrected chi connectivity index (χ3v) is 6.35. The molecule has 2 aromatic rings. The van der Waals surface area contributed by atoms with Crippen molar-refractivity contribution in [3.63, 3.8) is 0 Å². The fourth-order valence-corrected chi connectivity index (χ4v) is 4.31. The molecule has 3 rings (SSSR count). The number of halogens is 2. The van der Waals surface area contributed by atoms with Crippen molar-refractivity contribution in [3.05, 3.63) is 68.5 Å². The Bertz CT molecular complexity index is 991. The van der Waals surface area contributed by atoms with Crippen molar-refractivity contribution in [1.82, 2.24) is 4.90 Å². The van der Waals surface area contributed by atoms with Crippen molar-refractivity contribution in [2.75, 3.05) is 11.9 Å². The lowest BCUT2D eigenvalue weighted by Crippen LogP contribution is -2.29. The molecule has 150 valence electrons. The lowest BCUT2D eigenvalue weighted by atomic mass is 10.1. The lowest BCUT2D eigenvalue weighted by Gasteiger charge is -2.14. The summed E-state index contributed by atoms with van der Waals surface area (Å²) in [5, 5.41) is 3.57. The second-order valence-corrected chi connectivity index (χ2v) is 9.01. The van der Waals surface area contributed by atoms with E-state index in [1.807, 2.05) is 37.3 Å². The Kier molecular flexibility index (Phi) is 7.35. The van der Waals surface area contributed by atoms with Gasteiger partial charge in [-0.2, -0.15) is 0 Å². The second kappa shape index (κ2) is 9.76. The number of aryl methyl sites for hydroxylation is 1. The van der Waals surface area contributed by atoms with Gasteiger partial charge in [0.15, 0.2) is 0 Å². The number of thiocarbonyl (C=S) groups is 1. The van der Waals surface area contributed by atoms with Gasteiger partial charge >= 0.3 is 0 Å². The number of carbonyl (C=O) groups is 2. The van der Waals surface area contributed by atoms with Gasteiger partial charge < -0.3 is 5.32 Å². The third-order valence-electron chi connectivity index (χ3n) is 4.24. The molecule has 29 heavy (non-hydrogen) atoms. The smallest absolute Gasteiger partial charge is 0.266 e. The molecule has 2 aromatic carbocycles. The van der Waals surface area contributed by atoms with Crippen LogP contribution in [0, 0.1) is 6.92 Å². The maximum absolute atomic E-state index is 12.6. The molecule has 4 nitrogen and oxygen atoms in total. The molecule has 0 saturated carbocycles. The van der Waals surface area contributed by atoms with Crippen LogP contribution in [0.2, 0.25) is 10.0 Å². The van der Waals surface area contributed by atoms with E-state index in [9.17, 15) is 9.59 Å². The topological polar surface area (TPSA) is 49.4 Å². The largest absolute Gasteiger partial charge is 0.326 e. The number of amides is 2. The molecule has 0 radical (unpaired) electrons. The number of anilines is 1. The molecule has 0 unspecified atom stereocenters. The van der Waals surface area contributed by atoms with Crippen LogP contribution in [0.3, 0.4) is 0 Å². The first-order valence-corrected chi connectivity index (χ1v) is 10.9. The van der Waals surface area contributed by atoms with Crippen LogP contribution in [-0.2, 0) is 9.59 Å². The Morgan fingerprint density at radius 3 is 2.59 bits per heavy atom. The first kappa shape index (κ1) is 21.8. The van der Waals surface area contributed by atoms with E-state index in [2.05, 4.69) is 5.32 Å². The highest BCUT2D eigenvalue weighted by atomic mass is 35.5. The number of thioether (sulfide) groups is 1. The molecule has 1 heterocycles. The zero-order valence-corrected chi connectivity index (χ0v) is 18.7. The molecule has 1 fully saturated rings. The van der Waals surface area contributed by atoms with Gasteiger partial charge in [0.2, 0.25) is 5.91 Å². The molecular weight excluding hydrogens is 447 g/mol. The molecule has 0 aromatic heterocycles. The zero-order chi connectivity index (χ0) is 21.0. The summed E-state index contributed by atoms with van der Waals surface area (Å²) in [6.07, 6.45) is 2.60. The van der Waals surface area contributed by atoms with Gasteiger partial charge in [0.05, 0.1) is 15.0 Å². The normalized spacial score (nSPS) is 15.3. The van der Waals surface area contributed by atoms with E-state index in [1.54, 1.807) is 23.1 Å². The summed E-state index contributed by atoms with van der Waals surface area (Å²) in [6, 6.07) is 12.8.